The first-order valence-corrected chi connectivity index (χ1v) is 9.41. The molecule has 0 bridgehead atoms. The molecule has 2 aromatic heterocycles. The maximum Gasteiger partial charge on any atom is 0.293 e. The third-order valence-electron chi connectivity index (χ3n) is 5.03. The number of benzene rings is 3. The minimum atomic E-state index is 0.108. The van der Waals surface area contributed by atoms with Crippen LogP contribution in [0.3, 0.4) is 0 Å². The zero-order valence-electron chi connectivity index (χ0n) is 15.8. The van der Waals surface area contributed by atoms with E-state index in [1.54, 1.807) is 6.33 Å². The summed E-state index contributed by atoms with van der Waals surface area (Å²) < 4.78 is 5.47. The van der Waals surface area contributed by atoms with E-state index in [1.165, 1.54) is 5.56 Å². The van der Waals surface area contributed by atoms with E-state index in [-0.39, 0.29) is 12.1 Å². The molecule has 3 aromatic carbocycles. The van der Waals surface area contributed by atoms with Gasteiger partial charge in [0, 0.05) is 17.0 Å². The average Bonchev–Trinajstić information content (AvgIpc) is 3.14. The minimum absolute atomic E-state index is 0.108. The molecule has 3 N–H and O–H groups in total. The molecule has 5 aromatic rings. The predicted molar refractivity (Wildman–Crippen MR) is 115 cm³/mol. The monoisotopic (exact) mass is 381 g/mol. The first-order valence-electron chi connectivity index (χ1n) is 9.41. The second kappa shape index (κ2) is 6.91. The van der Waals surface area contributed by atoms with Gasteiger partial charge in [-0.15, -0.1) is 0 Å². The highest BCUT2D eigenvalue weighted by Gasteiger charge is 2.13. The molecule has 0 spiro atoms. The molecule has 6 heteroatoms. The number of aromatic nitrogens is 3. The summed E-state index contributed by atoms with van der Waals surface area (Å²) in [5.74, 6) is 0.792. The maximum absolute atomic E-state index is 5.75. The van der Waals surface area contributed by atoms with Crippen molar-refractivity contribution in [2.45, 2.75) is 13.0 Å². The molecule has 0 radical (unpaired) electrons. The summed E-state index contributed by atoms with van der Waals surface area (Å²) in [7, 11) is 0. The van der Waals surface area contributed by atoms with Gasteiger partial charge in [0.05, 0.1) is 5.52 Å². The summed E-state index contributed by atoms with van der Waals surface area (Å²) in [5, 5.41) is 4.46. The Morgan fingerprint density at radius 2 is 1.83 bits per heavy atom. The Morgan fingerprint density at radius 3 is 2.69 bits per heavy atom. The minimum Gasteiger partial charge on any atom is -0.424 e. The number of nitrogen functional groups attached to an aromatic ring is 1. The third kappa shape index (κ3) is 3.14. The smallest absolute Gasteiger partial charge is 0.293 e. The van der Waals surface area contributed by atoms with Gasteiger partial charge in [-0.05, 0) is 36.2 Å². The molecule has 0 fully saturated rings. The molecule has 0 aliphatic rings. The second-order valence-electron chi connectivity index (χ2n) is 6.94. The van der Waals surface area contributed by atoms with Crippen LogP contribution in [-0.4, -0.2) is 15.0 Å². The zero-order chi connectivity index (χ0) is 19.8. The number of rotatable bonds is 4. The van der Waals surface area contributed by atoms with E-state index in [0.717, 1.165) is 33.4 Å². The highest BCUT2D eigenvalue weighted by molar-refractivity contribution is 5.97. The normalized spacial score (nSPS) is 12.3. The van der Waals surface area contributed by atoms with E-state index < -0.39 is 0 Å². The molecular formula is C23H19N5O. The Kier molecular flexibility index (Phi) is 4.09. The van der Waals surface area contributed by atoms with E-state index in [0.29, 0.717) is 5.58 Å². The molecule has 142 valence electrons. The van der Waals surface area contributed by atoms with Gasteiger partial charge >= 0.3 is 0 Å². The van der Waals surface area contributed by atoms with E-state index in [2.05, 4.69) is 45.4 Å². The van der Waals surface area contributed by atoms with Crippen molar-refractivity contribution in [1.29, 1.82) is 0 Å². The molecule has 5 rings (SSSR count). The first-order chi connectivity index (χ1) is 14.2. The lowest BCUT2D eigenvalue weighted by Gasteiger charge is -2.16. The van der Waals surface area contributed by atoms with Gasteiger partial charge in [0.2, 0.25) is 0 Å². The van der Waals surface area contributed by atoms with Gasteiger partial charge in [0.15, 0.2) is 5.58 Å². The van der Waals surface area contributed by atoms with Crippen molar-refractivity contribution in [2.75, 3.05) is 11.1 Å². The van der Waals surface area contributed by atoms with Gasteiger partial charge < -0.3 is 15.5 Å². The number of fused-ring (bicyclic) bond motifs is 2. The molecule has 0 saturated heterocycles. The molecule has 0 amide bonds. The second-order valence-corrected chi connectivity index (χ2v) is 6.94. The van der Waals surface area contributed by atoms with E-state index in [1.807, 2.05) is 48.5 Å². The van der Waals surface area contributed by atoms with Gasteiger partial charge in [-0.3, -0.25) is 0 Å². The standard InChI is InChI=1S/C23H19N5O/c1-14(15-6-3-2-4-7-15)27-22-18-12-16(10-11-19(18)25-13-26-22)17-8-5-9-20-21(17)28-23(24)29-20/h2-14H,1H3,(H2,24,28)(H,25,26,27). The van der Waals surface area contributed by atoms with Crippen LogP contribution in [0.25, 0.3) is 33.1 Å². The number of hydrogen-bond acceptors (Lipinski definition) is 6. The van der Waals surface area contributed by atoms with Crippen LogP contribution < -0.4 is 11.1 Å². The van der Waals surface area contributed by atoms with Crippen LogP contribution in [0.4, 0.5) is 11.8 Å². The van der Waals surface area contributed by atoms with Crippen molar-refractivity contribution in [3.05, 3.63) is 78.6 Å². The van der Waals surface area contributed by atoms with Crippen LogP contribution >= 0.6 is 0 Å². The highest BCUT2D eigenvalue weighted by atomic mass is 16.4. The molecule has 1 unspecified atom stereocenters. The molecule has 1 atom stereocenters. The number of nitrogens with one attached hydrogen (secondary N) is 1. The van der Waals surface area contributed by atoms with Crippen molar-refractivity contribution in [2.24, 2.45) is 0 Å². The van der Waals surface area contributed by atoms with Gasteiger partial charge in [-0.25, -0.2) is 9.97 Å². The molecule has 0 saturated carbocycles. The Morgan fingerprint density at radius 1 is 0.966 bits per heavy atom. The Balaban J connectivity index is 1.60. The lowest BCUT2D eigenvalue weighted by molar-refractivity contribution is 0.626. The van der Waals surface area contributed by atoms with Crippen LogP contribution in [0, 0.1) is 0 Å². The van der Waals surface area contributed by atoms with Crippen molar-refractivity contribution in [3.8, 4) is 11.1 Å². The maximum atomic E-state index is 5.75. The molecule has 29 heavy (non-hydrogen) atoms. The summed E-state index contributed by atoms with van der Waals surface area (Å²) >= 11 is 0. The quantitative estimate of drug-likeness (QED) is 0.445. The molecule has 0 aliphatic heterocycles. The summed E-state index contributed by atoms with van der Waals surface area (Å²) in [6, 6.07) is 22.5. The third-order valence-corrected chi connectivity index (χ3v) is 5.03. The number of anilines is 2. The predicted octanol–water partition coefficient (Wildman–Crippen LogP) is 5.19. The van der Waals surface area contributed by atoms with E-state index >= 15 is 0 Å². The number of hydrogen-bond donors (Lipinski definition) is 2. The lowest BCUT2D eigenvalue weighted by atomic mass is 10.0. The van der Waals surface area contributed by atoms with Crippen molar-refractivity contribution < 1.29 is 4.42 Å². The first kappa shape index (κ1) is 17.2. The SMILES string of the molecule is CC(Nc1ncnc2ccc(-c3cccc4oc(N)nc34)cc12)c1ccccc1. The van der Waals surface area contributed by atoms with Gasteiger partial charge in [0.1, 0.15) is 17.7 Å². The van der Waals surface area contributed by atoms with Crippen molar-refractivity contribution in [1.82, 2.24) is 15.0 Å². The summed E-state index contributed by atoms with van der Waals surface area (Å²) in [4.78, 5) is 13.3. The molecule has 0 aliphatic carbocycles. The Labute approximate surface area is 167 Å². The highest BCUT2D eigenvalue weighted by Crippen LogP contribution is 2.33. The number of nitrogens with two attached hydrogens (primary N) is 1. The van der Waals surface area contributed by atoms with Crippen molar-refractivity contribution in [3.63, 3.8) is 0 Å². The zero-order valence-corrected chi connectivity index (χ0v) is 15.8. The number of para-hydroxylation sites is 1. The fourth-order valence-corrected chi connectivity index (χ4v) is 3.57. The van der Waals surface area contributed by atoms with Gasteiger partial charge in [-0.1, -0.05) is 48.5 Å². The fraction of sp³-hybridized carbons (Fsp3) is 0.0870. The number of nitrogens with zero attached hydrogens (tertiary/aromatic N) is 3. The Bertz CT molecular complexity index is 1310. The topological polar surface area (TPSA) is 89.9 Å². The average molecular weight is 381 g/mol. The summed E-state index contributed by atoms with van der Waals surface area (Å²) in [5.41, 5.74) is 11.2. The molecule has 2 heterocycles. The largest absolute Gasteiger partial charge is 0.424 e. The fourth-order valence-electron chi connectivity index (χ4n) is 3.57. The van der Waals surface area contributed by atoms with Gasteiger partial charge in [0.25, 0.3) is 6.01 Å². The van der Waals surface area contributed by atoms with Crippen LogP contribution in [0.1, 0.15) is 18.5 Å². The molecular weight excluding hydrogens is 362 g/mol. The summed E-state index contributed by atoms with van der Waals surface area (Å²) in [6.45, 7) is 2.12. The number of oxazole rings is 1. The van der Waals surface area contributed by atoms with E-state index in [9.17, 15) is 0 Å². The van der Waals surface area contributed by atoms with Crippen LogP contribution in [-0.2, 0) is 0 Å². The van der Waals surface area contributed by atoms with Crippen LogP contribution in [0.5, 0.6) is 0 Å². The van der Waals surface area contributed by atoms with Crippen LogP contribution in [0.15, 0.2) is 77.5 Å². The van der Waals surface area contributed by atoms with Crippen molar-refractivity contribution >= 4 is 33.8 Å². The summed E-state index contributed by atoms with van der Waals surface area (Å²) in [6.07, 6.45) is 1.58. The van der Waals surface area contributed by atoms with E-state index in [4.69, 9.17) is 10.2 Å². The lowest BCUT2D eigenvalue weighted by Crippen LogP contribution is -2.08. The molecule has 6 nitrogen and oxygen atoms in total. The van der Waals surface area contributed by atoms with Gasteiger partial charge in [-0.2, -0.15) is 4.98 Å². The van der Waals surface area contributed by atoms with Crippen LogP contribution in [0.2, 0.25) is 0 Å². The Hall–Kier alpha value is -3.93.